The van der Waals surface area contributed by atoms with Gasteiger partial charge in [0.1, 0.15) is 6.04 Å². The van der Waals surface area contributed by atoms with Crippen LogP contribution in [-0.2, 0) is 9.59 Å². The Balaban J connectivity index is 2.53. The van der Waals surface area contributed by atoms with Crippen LogP contribution in [0.5, 0.6) is 0 Å². The predicted octanol–water partition coefficient (Wildman–Crippen LogP) is -1.19. The van der Waals surface area contributed by atoms with Crippen LogP contribution in [-0.4, -0.2) is 58.8 Å². The molecule has 1 saturated heterocycles. The van der Waals surface area contributed by atoms with Crippen LogP contribution in [0.15, 0.2) is 12.7 Å². The van der Waals surface area contributed by atoms with Crippen LogP contribution in [0.3, 0.4) is 0 Å². The van der Waals surface area contributed by atoms with Crippen molar-refractivity contribution < 1.29 is 19.8 Å². The summed E-state index contributed by atoms with van der Waals surface area (Å²) in [5, 5.41) is 21.0. The molecule has 2 atom stereocenters. The molecule has 90 valence electrons. The highest BCUT2D eigenvalue weighted by molar-refractivity contribution is 5.85. The molecule has 0 aromatic rings. The van der Waals surface area contributed by atoms with E-state index >= 15 is 0 Å². The zero-order valence-corrected chi connectivity index (χ0v) is 8.93. The van der Waals surface area contributed by atoms with Crippen molar-refractivity contribution in [3.8, 4) is 0 Å². The number of nitrogens with zero attached hydrogens (tertiary/aromatic N) is 1. The molecule has 1 heterocycles. The summed E-state index contributed by atoms with van der Waals surface area (Å²) in [5.41, 5.74) is 0. The molecule has 0 radical (unpaired) electrons. The number of β-amino-alcohol motifs (C(OH)–C–C–N with tert-alkyl or cyclic N) is 1. The highest BCUT2D eigenvalue weighted by Gasteiger charge is 2.38. The first-order valence-corrected chi connectivity index (χ1v) is 5.08. The van der Waals surface area contributed by atoms with Crippen LogP contribution >= 0.6 is 0 Å². The molecule has 6 nitrogen and oxygen atoms in total. The van der Waals surface area contributed by atoms with Gasteiger partial charge in [-0.15, -0.1) is 6.58 Å². The monoisotopic (exact) mass is 228 g/mol. The van der Waals surface area contributed by atoms with Gasteiger partial charge in [-0.2, -0.15) is 0 Å². The third-order valence-corrected chi connectivity index (χ3v) is 2.45. The van der Waals surface area contributed by atoms with E-state index in [4.69, 9.17) is 5.11 Å². The van der Waals surface area contributed by atoms with Crippen LogP contribution in [0, 0.1) is 0 Å². The number of rotatable bonds is 5. The van der Waals surface area contributed by atoms with E-state index in [1.807, 2.05) is 0 Å². The average molecular weight is 228 g/mol. The first-order chi connectivity index (χ1) is 7.56. The van der Waals surface area contributed by atoms with Gasteiger partial charge < -0.3 is 20.4 Å². The lowest BCUT2D eigenvalue weighted by atomic mass is 10.2. The third kappa shape index (κ3) is 3.04. The second-order valence-electron chi connectivity index (χ2n) is 3.71. The van der Waals surface area contributed by atoms with Crippen molar-refractivity contribution in [3.05, 3.63) is 12.7 Å². The maximum atomic E-state index is 11.6. The number of nitrogens with one attached hydrogen (secondary N) is 1. The van der Waals surface area contributed by atoms with Gasteiger partial charge in [0.15, 0.2) is 0 Å². The highest BCUT2D eigenvalue weighted by atomic mass is 16.4. The second-order valence-corrected chi connectivity index (χ2v) is 3.71. The van der Waals surface area contributed by atoms with E-state index in [2.05, 4.69) is 11.9 Å². The van der Waals surface area contributed by atoms with Gasteiger partial charge in [0.25, 0.3) is 0 Å². The molecule has 1 amide bonds. The zero-order valence-electron chi connectivity index (χ0n) is 8.93. The number of likely N-dealkylation sites (tertiary alicyclic amines) is 1. The number of carboxylic acid groups (broad SMARTS) is 1. The van der Waals surface area contributed by atoms with Crippen molar-refractivity contribution in [2.75, 3.05) is 19.6 Å². The Labute approximate surface area is 93.5 Å². The maximum absolute atomic E-state index is 11.6. The van der Waals surface area contributed by atoms with Gasteiger partial charge in [-0.05, 0) is 0 Å². The largest absolute Gasteiger partial charge is 0.480 e. The Bertz CT molecular complexity index is 293. The number of aliphatic hydroxyl groups excluding tert-OH is 1. The molecule has 3 N–H and O–H groups in total. The van der Waals surface area contributed by atoms with Gasteiger partial charge in [-0.3, -0.25) is 4.79 Å². The van der Waals surface area contributed by atoms with E-state index < -0.39 is 18.1 Å². The molecule has 0 unspecified atom stereocenters. The number of hydrogen-bond acceptors (Lipinski definition) is 4. The molecular formula is C10H16N2O4. The summed E-state index contributed by atoms with van der Waals surface area (Å²) in [6.45, 7) is 4.12. The molecule has 0 aromatic carbocycles. The quantitative estimate of drug-likeness (QED) is 0.406. The molecule has 1 fully saturated rings. The standard InChI is InChI=1S/C10H16N2O4/c1-2-3-11-5-9(14)12-6-7(13)4-8(12)10(15)16/h2,7-8,11,13H,1,3-6H2,(H,15,16)/t7-,8-/m1/s1. The molecule has 0 spiro atoms. The Morgan fingerprint density at radius 3 is 2.81 bits per heavy atom. The number of carbonyl (C=O) groups excluding carboxylic acids is 1. The number of aliphatic carboxylic acids is 1. The van der Waals surface area contributed by atoms with E-state index in [1.54, 1.807) is 6.08 Å². The lowest BCUT2D eigenvalue weighted by Gasteiger charge is -2.21. The second kappa shape index (κ2) is 5.62. The van der Waals surface area contributed by atoms with Gasteiger partial charge in [0.05, 0.1) is 12.6 Å². The van der Waals surface area contributed by atoms with Gasteiger partial charge in [0.2, 0.25) is 5.91 Å². The number of carbonyl (C=O) groups is 2. The van der Waals surface area contributed by atoms with Gasteiger partial charge >= 0.3 is 5.97 Å². The number of aliphatic hydroxyl groups is 1. The number of carboxylic acids is 1. The van der Waals surface area contributed by atoms with Gasteiger partial charge in [-0.1, -0.05) is 6.08 Å². The van der Waals surface area contributed by atoms with Crippen LogP contribution in [0.2, 0.25) is 0 Å². The fourth-order valence-corrected chi connectivity index (χ4v) is 1.71. The topological polar surface area (TPSA) is 89.9 Å². The molecule has 0 saturated carbocycles. The van der Waals surface area contributed by atoms with Crippen molar-refractivity contribution in [2.24, 2.45) is 0 Å². The zero-order chi connectivity index (χ0) is 12.1. The first-order valence-electron chi connectivity index (χ1n) is 5.08. The molecule has 6 heteroatoms. The normalized spacial score (nSPS) is 24.4. The van der Waals surface area contributed by atoms with E-state index in [9.17, 15) is 14.7 Å². The van der Waals surface area contributed by atoms with Crippen molar-refractivity contribution in [3.63, 3.8) is 0 Å². The molecule has 0 aliphatic carbocycles. The summed E-state index contributed by atoms with van der Waals surface area (Å²) < 4.78 is 0. The Morgan fingerprint density at radius 1 is 1.56 bits per heavy atom. The molecule has 0 aromatic heterocycles. The van der Waals surface area contributed by atoms with Gasteiger partial charge in [-0.25, -0.2) is 4.79 Å². The van der Waals surface area contributed by atoms with Crippen LogP contribution in [0.1, 0.15) is 6.42 Å². The fraction of sp³-hybridized carbons (Fsp3) is 0.600. The Hall–Kier alpha value is -1.40. The minimum atomic E-state index is -1.08. The molecule has 16 heavy (non-hydrogen) atoms. The van der Waals surface area contributed by atoms with Crippen LogP contribution < -0.4 is 5.32 Å². The Kier molecular flexibility index (Phi) is 4.45. The van der Waals surface area contributed by atoms with E-state index in [0.29, 0.717) is 6.54 Å². The highest BCUT2D eigenvalue weighted by Crippen LogP contribution is 2.17. The summed E-state index contributed by atoms with van der Waals surface area (Å²) in [4.78, 5) is 23.7. The number of hydrogen-bond donors (Lipinski definition) is 3. The lowest BCUT2D eigenvalue weighted by molar-refractivity contribution is -0.147. The minimum absolute atomic E-state index is 0.0581. The SMILES string of the molecule is C=CCNCC(=O)N1C[C@H](O)C[C@@H]1C(=O)O. The van der Waals surface area contributed by atoms with Crippen molar-refractivity contribution in [2.45, 2.75) is 18.6 Å². The summed E-state index contributed by atoms with van der Waals surface area (Å²) >= 11 is 0. The molecule has 1 rings (SSSR count). The summed E-state index contributed by atoms with van der Waals surface area (Å²) in [6.07, 6.45) is 0.966. The summed E-state index contributed by atoms with van der Waals surface area (Å²) in [7, 11) is 0. The van der Waals surface area contributed by atoms with E-state index in [0.717, 1.165) is 0 Å². The maximum Gasteiger partial charge on any atom is 0.326 e. The first kappa shape index (κ1) is 12.7. The van der Waals surface area contributed by atoms with Crippen molar-refractivity contribution >= 4 is 11.9 Å². The van der Waals surface area contributed by atoms with Crippen LogP contribution in [0.25, 0.3) is 0 Å². The van der Waals surface area contributed by atoms with Gasteiger partial charge in [0, 0.05) is 19.5 Å². The minimum Gasteiger partial charge on any atom is -0.480 e. The summed E-state index contributed by atoms with van der Waals surface area (Å²) in [6, 6.07) is -0.909. The summed E-state index contributed by atoms with van der Waals surface area (Å²) in [5.74, 6) is -1.39. The Morgan fingerprint density at radius 2 is 2.25 bits per heavy atom. The van der Waals surface area contributed by atoms with E-state index in [1.165, 1.54) is 4.90 Å². The molecular weight excluding hydrogens is 212 g/mol. The van der Waals surface area contributed by atoms with Crippen molar-refractivity contribution in [1.29, 1.82) is 0 Å². The predicted molar refractivity (Wildman–Crippen MR) is 56.8 cm³/mol. The van der Waals surface area contributed by atoms with Crippen LogP contribution in [0.4, 0.5) is 0 Å². The smallest absolute Gasteiger partial charge is 0.326 e. The molecule has 1 aliphatic heterocycles. The average Bonchev–Trinajstić information content (AvgIpc) is 2.61. The molecule has 1 aliphatic rings. The third-order valence-electron chi connectivity index (χ3n) is 2.45. The molecule has 0 bridgehead atoms. The fourth-order valence-electron chi connectivity index (χ4n) is 1.71. The lowest BCUT2D eigenvalue weighted by Crippen LogP contribution is -2.44. The van der Waals surface area contributed by atoms with E-state index in [-0.39, 0.29) is 25.4 Å². The van der Waals surface area contributed by atoms with Crippen molar-refractivity contribution in [1.82, 2.24) is 10.2 Å². The number of amides is 1.